The van der Waals surface area contributed by atoms with Gasteiger partial charge in [-0.2, -0.15) is 0 Å². The van der Waals surface area contributed by atoms with Gasteiger partial charge in [-0.05, 0) is 62.4 Å². The molecule has 7 heteroatoms. The van der Waals surface area contributed by atoms with Crippen LogP contribution in [0.3, 0.4) is 0 Å². The first-order valence-corrected chi connectivity index (χ1v) is 12.7. The molecule has 0 bridgehead atoms. The maximum atomic E-state index is 12.5. The SMILES string of the molecule is Cc1ccc(S(=O)(=O)CCC(=O)NCC(c2cccs2)N2CCC(C)CC2)cc1. The molecule has 1 N–H and O–H groups in total. The fourth-order valence-corrected chi connectivity index (χ4v) is 5.72. The number of thiophene rings is 1. The van der Waals surface area contributed by atoms with Gasteiger partial charge in [0.15, 0.2) is 9.84 Å². The van der Waals surface area contributed by atoms with E-state index in [1.54, 1.807) is 35.6 Å². The highest BCUT2D eigenvalue weighted by molar-refractivity contribution is 7.91. The minimum atomic E-state index is -3.45. The Balaban J connectivity index is 1.55. The molecule has 1 amide bonds. The predicted molar refractivity (Wildman–Crippen MR) is 118 cm³/mol. The number of benzene rings is 1. The van der Waals surface area contributed by atoms with Crippen LogP contribution in [0.5, 0.6) is 0 Å². The molecule has 2 heterocycles. The Labute approximate surface area is 178 Å². The van der Waals surface area contributed by atoms with Gasteiger partial charge in [-0.3, -0.25) is 9.69 Å². The fraction of sp³-hybridized carbons (Fsp3) is 0.500. The summed E-state index contributed by atoms with van der Waals surface area (Å²) in [4.78, 5) is 16.3. The zero-order valence-corrected chi connectivity index (χ0v) is 18.8. The van der Waals surface area contributed by atoms with Crippen molar-refractivity contribution < 1.29 is 13.2 Å². The molecule has 1 aliphatic heterocycles. The first-order chi connectivity index (χ1) is 13.8. The Bertz CT molecular complexity index is 885. The third-order valence-electron chi connectivity index (χ3n) is 5.60. The number of sulfone groups is 1. The van der Waals surface area contributed by atoms with Crippen LogP contribution < -0.4 is 5.32 Å². The molecule has 29 heavy (non-hydrogen) atoms. The molecule has 1 aromatic carbocycles. The quantitative estimate of drug-likeness (QED) is 0.686. The Morgan fingerprint density at radius 3 is 2.52 bits per heavy atom. The fourth-order valence-electron chi connectivity index (χ4n) is 3.62. The Morgan fingerprint density at radius 1 is 1.21 bits per heavy atom. The van der Waals surface area contributed by atoms with Crippen LogP contribution in [0.15, 0.2) is 46.7 Å². The topological polar surface area (TPSA) is 66.5 Å². The van der Waals surface area contributed by atoms with Crippen LogP contribution in [0.1, 0.15) is 42.7 Å². The van der Waals surface area contributed by atoms with Crippen molar-refractivity contribution in [1.82, 2.24) is 10.2 Å². The van der Waals surface area contributed by atoms with E-state index in [1.807, 2.05) is 13.0 Å². The van der Waals surface area contributed by atoms with Crippen molar-refractivity contribution in [2.75, 3.05) is 25.4 Å². The molecule has 0 radical (unpaired) electrons. The summed E-state index contributed by atoms with van der Waals surface area (Å²) in [7, 11) is -3.45. The molecule has 5 nitrogen and oxygen atoms in total. The Kier molecular flexibility index (Phi) is 7.49. The molecule has 1 fully saturated rings. The molecule has 158 valence electrons. The maximum absolute atomic E-state index is 12.5. The number of carbonyl (C=O) groups excluding carboxylic acids is 1. The van der Waals surface area contributed by atoms with Crippen molar-refractivity contribution >= 4 is 27.1 Å². The number of aryl methyl sites for hydroxylation is 1. The lowest BCUT2D eigenvalue weighted by Gasteiger charge is -2.36. The van der Waals surface area contributed by atoms with Crippen LogP contribution in [-0.2, 0) is 14.6 Å². The summed E-state index contributed by atoms with van der Waals surface area (Å²) < 4.78 is 24.9. The molecule has 1 saturated heterocycles. The summed E-state index contributed by atoms with van der Waals surface area (Å²) in [6, 6.07) is 11.1. The number of carbonyl (C=O) groups is 1. The maximum Gasteiger partial charge on any atom is 0.221 e. The monoisotopic (exact) mass is 434 g/mol. The molecule has 2 aromatic rings. The Hall–Kier alpha value is -1.70. The number of piperidine rings is 1. The average molecular weight is 435 g/mol. The van der Waals surface area contributed by atoms with Crippen LogP contribution in [0.2, 0.25) is 0 Å². The van der Waals surface area contributed by atoms with E-state index in [-0.39, 0.29) is 29.0 Å². The van der Waals surface area contributed by atoms with Crippen LogP contribution >= 0.6 is 11.3 Å². The van der Waals surface area contributed by atoms with Gasteiger partial charge in [-0.25, -0.2) is 8.42 Å². The summed E-state index contributed by atoms with van der Waals surface area (Å²) in [5.41, 5.74) is 1.01. The molecule has 0 saturated carbocycles. The number of likely N-dealkylation sites (tertiary alicyclic amines) is 1. The standard InChI is InChI=1S/C22H30N2O3S2/c1-17-5-7-19(8-6-17)29(26,27)15-11-22(25)23-16-20(21-4-3-14-28-21)24-12-9-18(2)10-13-24/h3-8,14,18,20H,9-13,15-16H2,1-2H3,(H,23,25). The summed E-state index contributed by atoms with van der Waals surface area (Å²) in [6.45, 7) is 6.77. The van der Waals surface area contributed by atoms with Crippen molar-refractivity contribution in [3.8, 4) is 0 Å². The van der Waals surface area contributed by atoms with E-state index in [9.17, 15) is 13.2 Å². The van der Waals surface area contributed by atoms with Gasteiger partial charge in [-0.1, -0.05) is 30.7 Å². The van der Waals surface area contributed by atoms with Crippen molar-refractivity contribution in [2.24, 2.45) is 5.92 Å². The van der Waals surface area contributed by atoms with Gasteiger partial charge in [0.25, 0.3) is 0 Å². The first-order valence-electron chi connectivity index (χ1n) is 10.2. The molecule has 0 spiro atoms. The lowest BCUT2D eigenvalue weighted by atomic mass is 9.97. The lowest BCUT2D eigenvalue weighted by Crippen LogP contribution is -2.41. The largest absolute Gasteiger partial charge is 0.354 e. The van der Waals surface area contributed by atoms with Crippen molar-refractivity contribution in [2.45, 2.75) is 44.0 Å². The van der Waals surface area contributed by atoms with Gasteiger partial charge in [-0.15, -0.1) is 11.3 Å². The summed E-state index contributed by atoms with van der Waals surface area (Å²) >= 11 is 1.70. The van der Waals surface area contributed by atoms with E-state index in [0.717, 1.165) is 24.6 Å². The second-order valence-electron chi connectivity index (χ2n) is 7.94. The number of amides is 1. The summed E-state index contributed by atoms with van der Waals surface area (Å²) in [5.74, 6) is 0.358. The zero-order valence-electron chi connectivity index (χ0n) is 17.1. The minimum absolute atomic E-state index is 0.0234. The van der Waals surface area contributed by atoms with E-state index in [1.165, 1.54) is 17.7 Å². The van der Waals surface area contributed by atoms with Crippen molar-refractivity contribution in [3.05, 3.63) is 52.2 Å². The molecule has 1 unspecified atom stereocenters. The summed E-state index contributed by atoms with van der Waals surface area (Å²) in [5, 5.41) is 5.03. The minimum Gasteiger partial charge on any atom is -0.354 e. The molecule has 1 aromatic heterocycles. The van der Waals surface area contributed by atoms with Gasteiger partial charge < -0.3 is 5.32 Å². The number of hydrogen-bond donors (Lipinski definition) is 1. The highest BCUT2D eigenvalue weighted by Gasteiger charge is 2.26. The first kappa shape index (κ1) is 22.0. The third kappa shape index (κ3) is 6.14. The van der Waals surface area contributed by atoms with Gasteiger partial charge in [0.2, 0.25) is 5.91 Å². The molecular formula is C22H30N2O3S2. The van der Waals surface area contributed by atoms with Crippen LogP contribution in [0.25, 0.3) is 0 Å². The average Bonchev–Trinajstić information content (AvgIpc) is 3.23. The summed E-state index contributed by atoms with van der Waals surface area (Å²) in [6.07, 6.45) is 2.32. The second-order valence-corrected chi connectivity index (χ2v) is 11.0. The number of nitrogens with one attached hydrogen (secondary N) is 1. The lowest BCUT2D eigenvalue weighted by molar-refractivity contribution is -0.121. The van der Waals surface area contributed by atoms with E-state index in [4.69, 9.17) is 0 Å². The van der Waals surface area contributed by atoms with Crippen LogP contribution in [0, 0.1) is 12.8 Å². The van der Waals surface area contributed by atoms with Crippen LogP contribution in [0.4, 0.5) is 0 Å². The number of hydrogen-bond acceptors (Lipinski definition) is 5. The zero-order chi connectivity index (χ0) is 20.9. The molecule has 1 atom stereocenters. The second kappa shape index (κ2) is 9.87. The third-order valence-corrected chi connectivity index (χ3v) is 8.31. The van der Waals surface area contributed by atoms with Crippen molar-refractivity contribution in [3.63, 3.8) is 0 Å². The van der Waals surface area contributed by atoms with Gasteiger partial charge in [0.1, 0.15) is 0 Å². The van der Waals surface area contributed by atoms with E-state index in [2.05, 4.69) is 28.6 Å². The van der Waals surface area contributed by atoms with Crippen molar-refractivity contribution in [1.29, 1.82) is 0 Å². The number of nitrogens with zero attached hydrogens (tertiary/aromatic N) is 1. The van der Waals surface area contributed by atoms with E-state index in [0.29, 0.717) is 6.54 Å². The highest BCUT2D eigenvalue weighted by Crippen LogP contribution is 2.29. The number of rotatable bonds is 8. The van der Waals surface area contributed by atoms with E-state index >= 15 is 0 Å². The normalized spacial score (nSPS) is 17.2. The Morgan fingerprint density at radius 2 is 1.90 bits per heavy atom. The molecular weight excluding hydrogens is 404 g/mol. The molecule has 1 aliphatic rings. The molecule has 0 aliphatic carbocycles. The van der Waals surface area contributed by atoms with Gasteiger partial charge in [0, 0.05) is 17.8 Å². The predicted octanol–water partition coefficient (Wildman–Crippen LogP) is 3.81. The molecule has 3 rings (SSSR count). The smallest absolute Gasteiger partial charge is 0.221 e. The van der Waals surface area contributed by atoms with E-state index < -0.39 is 9.84 Å². The highest BCUT2D eigenvalue weighted by atomic mass is 32.2. The van der Waals surface area contributed by atoms with Gasteiger partial charge >= 0.3 is 0 Å². The van der Waals surface area contributed by atoms with Crippen LogP contribution in [-0.4, -0.2) is 44.6 Å². The van der Waals surface area contributed by atoms with Gasteiger partial charge in [0.05, 0.1) is 16.7 Å².